The van der Waals surface area contributed by atoms with Crippen LogP contribution >= 0.6 is 0 Å². The fourth-order valence-corrected chi connectivity index (χ4v) is 1.53. The maximum atomic E-state index is 11.6. The highest BCUT2D eigenvalue weighted by atomic mass is 16.2. The van der Waals surface area contributed by atoms with E-state index in [0.717, 1.165) is 11.3 Å². The summed E-state index contributed by atoms with van der Waals surface area (Å²) in [4.78, 5) is 23.2. The van der Waals surface area contributed by atoms with Crippen LogP contribution in [0.3, 0.4) is 0 Å². The highest BCUT2D eigenvalue weighted by Gasteiger charge is 2.11. The molecule has 0 aromatic heterocycles. The van der Waals surface area contributed by atoms with Gasteiger partial charge in [-0.3, -0.25) is 9.59 Å². The van der Waals surface area contributed by atoms with Gasteiger partial charge in [0.2, 0.25) is 11.8 Å². The number of anilines is 1. The van der Waals surface area contributed by atoms with Crippen LogP contribution < -0.4 is 16.4 Å². The van der Waals surface area contributed by atoms with Crippen molar-refractivity contribution < 1.29 is 9.59 Å². The van der Waals surface area contributed by atoms with Gasteiger partial charge in [-0.25, -0.2) is 0 Å². The van der Waals surface area contributed by atoms with E-state index in [4.69, 9.17) is 12.2 Å². The molecule has 112 valence electrons. The lowest BCUT2D eigenvalue weighted by atomic mass is 10.1. The van der Waals surface area contributed by atoms with Crippen LogP contribution in [0, 0.1) is 18.3 Å². The smallest absolute Gasteiger partial charge is 0.238 e. The minimum atomic E-state index is -0.681. The van der Waals surface area contributed by atoms with Crippen molar-refractivity contribution in [2.24, 2.45) is 11.7 Å². The van der Waals surface area contributed by atoms with Gasteiger partial charge in [-0.15, -0.1) is 12.3 Å². The molecule has 0 aliphatic heterocycles. The Morgan fingerprint density at radius 1 is 1.24 bits per heavy atom. The van der Waals surface area contributed by atoms with Gasteiger partial charge in [0.15, 0.2) is 0 Å². The third-order valence-corrected chi connectivity index (χ3v) is 2.89. The van der Waals surface area contributed by atoms with Crippen LogP contribution in [0.5, 0.6) is 0 Å². The fraction of sp³-hybridized carbons (Fsp3) is 0.375. The minimum Gasteiger partial charge on any atom is -0.351 e. The van der Waals surface area contributed by atoms with Crippen LogP contribution in [-0.4, -0.2) is 17.9 Å². The van der Waals surface area contributed by atoms with Crippen molar-refractivity contribution in [3.63, 3.8) is 0 Å². The summed E-state index contributed by atoms with van der Waals surface area (Å²) < 4.78 is 0. The number of rotatable bonds is 6. The summed E-state index contributed by atoms with van der Waals surface area (Å²) >= 11 is 0. The Morgan fingerprint density at radius 2 is 1.86 bits per heavy atom. The summed E-state index contributed by atoms with van der Waals surface area (Å²) in [5.74, 6) is 1.98. The number of terminal acetylenes is 1. The normalized spacial score (nSPS) is 11.6. The first kappa shape index (κ1) is 16.7. The van der Waals surface area contributed by atoms with Gasteiger partial charge in [0.25, 0.3) is 0 Å². The van der Waals surface area contributed by atoms with Crippen LogP contribution in [0.2, 0.25) is 0 Å². The van der Waals surface area contributed by atoms with Gasteiger partial charge < -0.3 is 16.4 Å². The van der Waals surface area contributed by atoms with E-state index in [9.17, 15) is 9.59 Å². The summed E-state index contributed by atoms with van der Waals surface area (Å²) in [7, 11) is 0. The van der Waals surface area contributed by atoms with Crippen LogP contribution in [0.25, 0.3) is 0 Å². The van der Waals surface area contributed by atoms with Crippen molar-refractivity contribution in [3.05, 3.63) is 29.8 Å². The SMILES string of the molecule is C#CCC(N)C(=O)NCc1ccc(NC(=O)C(C)C)cc1. The van der Waals surface area contributed by atoms with Crippen molar-refractivity contribution in [1.82, 2.24) is 5.32 Å². The van der Waals surface area contributed by atoms with Gasteiger partial charge in [0, 0.05) is 24.6 Å². The summed E-state index contributed by atoms with van der Waals surface area (Å²) in [6.45, 7) is 4.03. The summed E-state index contributed by atoms with van der Waals surface area (Å²) in [5.41, 5.74) is 7.24. The molecule has 5 nitrogen and oxygen atoms in total. The third-order valence-electron chi connectivity index (χ3n) is 2.89. The van der Waals surface area contributed by atoms with E-state index in [-0.39, 0.29) is 24.2 Å². The molecule has 0 aliphatic rings. The fourth-order valence-electron chi connectivity index (χ4n) is 1.53. The molecular weight excluding hydrogens is 266 g/mol. The molecule has 0 fully saturated rings. The molecule has 0 saturated carbocycles. The summed E-state index contributed by atoms with van der Waals surface area (Å²) in [6.07, 6.45) is 5.32. The molecule has 0 heterocycles. The van der Waals surface area contributed by atoms with E-state index in [0.29, 0.717) is 6.54 Å². The Bertz CT molecular complexity index is 529. The number of benzene rings is 1. The number of nitrogens with one attached hydrogen (secondary N) is 2. The Kier molecular flexibility index (Phi) is 6.44. The van der Waals surface area contributed by atoms with E-state index < -0.39 is 6.04 Å². The second-order valence-electron chi connectivity index (χ2n) is 5.07. The van der Waals surface area contributed by atoms with Gasteiger partial charge in [0.05, 0.1) is 6.04 Å². The second-order valence-corrected chi connectivity index (χ2v) is 5.07. The van der Waals surface area contributed by atoms with Crippen molar-refractivity contribution >= 4 is 17.5 Å². The summed E-state index contributed by atoms with van der Waals surface area (Å²) in [6, 6.07) is 6.58. The van der Waals surface area contributed by atoms with Crippen molar-refractivity contribution in [3.8, 4) is 12.3 Å². The van der Waals surface area contributed by atoms with Gasteiger partial charge in [-0.1, -0.05) is 26.0 Å². The van der Waals surface area contributed by atoms with Gasteiger partial charge in [0.1, 0.15) is 0 Å². The van der Waals surface area contributed by atoms with E-state index >= 15 is 0 Å². The van der Waals surface area contributed by atoms with Gasteiger partial charge in [-0.2, -0.15) is 0 Å². The van der Waals surface area contributed by atoms with E-state index in [1.165, 1.54) is 0 Å². The first-order valence-corrected chi connectivity index (χ1v) is 6.80. The zero-order valence-corrected chi connectivity index (χ0v) is 12.3. The number of hydrogen-bond donors (Lipinski definition) is 3. The van der Waals surface area contributed by atoms with Gasteiger partial charge >= 0.3 is 0 Å². The molecule has 0 saturated heterocycles. The molecule has 1 atom stereocenters. The standard InChI is InChI=1S/C16H21N3O2/c1-4-5-14(17)16(21)18-10-12-6-8-13(9-7-12)19-15(20)11(2)3/h1,6-9,11,14H,5,10,17H2,2-3H3,(H,18,21)(H,19,20). The van der Waals surface area contributed by atoms with Crippen LogP contribution in [0.15, 0.2) is 24.3 Å². The number of carbonyl (C=O) groups excluding carboxylic acids is 2. The highest BCUT2D eigenvalue weighted by molar-refractivity contribution is 5.92. The lowest BCUT2D eigenvalue weighted by Crippen LogP contribution is -2.39. The maximum absolute atomic E-state index is 11.6. The summed E-state index contributed by atoms with van der Waals surface area (Å²) in [5, 5.41) is 5.52. The first-order chi connectivity index (χ1) is 9.93. The molecule has 1 unspecified atom stereocenters. The molecule has 21 heavy (non-hydrogen) atoms. The highest BCUT2D eigenvalue weighted by Crippen LogP contribution is 2.11. The molecule has 1 rings (SSSR count). The molecule has 0 aliphatic carbocycles. The lowest BCUT2D eigenvalue weighted by Gasteiger charge is -2.11. The average molecular weight is 287 g/mol. The quantitative estimate of drug-likeness (QED) is 0.688. The molecule has 0 spiro atoms. The molecule has 1 aromatic carbocycles. The average Bonchev–Trinajstić information content (AvgIpc) is 2.46. The van der Waals surface area contributed by atoms with Crippen LogP contribution in [0.4, 0.5) is 5.69 Å². The zero-order chi connectivity index (χ0) is 15.8. The molecule has 0 radical (unpaired) electrons. The van der Waals surface area contributed by atoms with Crippen LogP contribution in [0.1, 0.15) is 25.8 Å². The number of hydrogen-bond acceptors (Lipinski definition) is 3. The third kappa shape index (κ3) is 5.67. The van der Waals surface area contributed by atoms with Crippen molar-refractivity contribution in [2.45, 2.75) is 32.9 Å². The number of carbonyl (C=O) groups is 2. The van der Waals surface area contributed by atoms with Gasteiger partial charge in [-0.05, 0) is 17.7 Å². The second kappa shape index (κ2) is 8.08. The number of amides is 2. The zero-order valence-electron chi connectivity index (χ0n) is 12.3. The molecular formula is C16H21N3O2. The Morgan fingerprint density at radius 3 is 2.38 bits per heavy atom. The number of nitrogens with two attached hydrogens (primary N) is 1. The Hall–Kier alpha value is -2.32. The Balaban J connectivity index is 2.50. The predicted octanol–water partition coefficient (Wildman–Crippen LogP) is 1.25. The Labute approximate surface area is 125 Å². The lowest BCUT2D eigenvalue weighted by molar-refractivity contribution is -0.122. The van der Waals surface area contributed by atoms with Crippen molar-refractivity contribution in [1.29, 1.82) is 0 Å². The first-order valence-electron chi connectivity index (χ1n) is 6.80. The molecule has 5 heteroatoms. The predicted molar refractivity (Wildman–Crippen MR) is 83.2 cm³/mol. The molecule has 0 bridgehead atoms. The topological polar surface area (TPSA) is 84.2 Å². The molecule has 2 amide bonds. The van der Waals surface area contributed by atoms with E-state index in [1.807, 2.05) is 26.0 Å². The maximum Gasteiger partial charge on any atom is 0.238 e. The largest absolute Gasteiger partial charge is 0.351 e. The monoisotopic (exact) mass is 287 g/mol. The van der Waals surface area contributed by atoms with Crippen LogP contribution in [-0.2, 0) is 16.1 Å². The molecule has 1 aromatic rings. The van der Waals surface area contributed by atoms with E-state index in [2.05, 4.69) is 16.6 Å². The molecule has 4 N–H and O–H groups in total. The van der Waals surface area contributed by atoms with Crippen molar-refractivity contribution in [2.75, 3.05) is 5.32 Å². The van der Waals surface area contributed by atoms with E-state index in [1.54, 1.807) is 12.1 Å². The minimum absolute atomic E-state index is 0.0312.